The van der Waals surface area contributed by atoms with Crippen molar-refractivity contribution in [3.05, 3.63) is 47.4 Å². The Labute approximate surface area is 138 Å². The molecule has 3 rings (SSSR count). The van der Waals surface area contributed by atoms with E-state index >= 15 is 0 Å². The summed E-state index contributed by atoms with van der Waals surface area (Å²) in [6, 6.07) is 5.24. The predicted molar refractivity (Wildman–Crippen MR) is 85.2 cm³/mol. The summed E-state index contributed by atoms with van der Waals surface area (Å²) in [6.45, 7) is 5.39. The second kappa shape index (κ2) is 6.04. The smallest absolute Gasteiger partial charge is 0.252 e. The number of nitrogens with zero attached hydrogens (tertiary/aromatic N) is 4. The zero-order valence-electron chi connectivity index (χ0n) is 13.8. The van der Waals surface area contributed by atoms with Gasteiger partial charge in [0.25, 0.3) is 5.78 Å². The van der Waals surface area contributed by atoms with Crippen LogP contribution in [0.4, 0.5) is 0 Å². The Bertz CT molecular complexity index is 867. The number of carbonyl (C=O) groups excluding carboxylic acids is 1. The number of nitrogens with one attached hydrogen (secondary N) is 1. The minimum absolute atomic E-state index is 0.0100. The van der Waals surface area contributed by atoms with Crippen molar-refractivity contribution in [1.82, 2.24) is 24.9 Å². The Morgan fingerprint density at radius 3 is 2.92 bits per heavy atom. The lowest BCUT2D eigenvalue weighted by Crippen LogP contribution is -2.39. The van der Waals surface area contributed by atoms with Crippen LogP contribution in [0, 0.1) is 13.8 Å². The van der Waals surface area contributed by atoms with Gasteiger partial charge in [0, 0.05) is 11.4 Å². The minimum Gasteiger partial charge on any atom is -0.466 e. The molecule has 1 atom stereocenters. The predicted octanol–water partition coefficient (Wildman–Crippen LogP) is 0.901. The van der Waals surface area contributed by atoms with Crippen molar-refractivity contribution in [2.24, 2.45) is 0 Å². The lowest BCUT2D eigenvalue weighted by molar-refractivity contribution is -0.121. The van der Waals surface area contributed by atoms with E-state index in [1.807, 2.05) is 19.9 Å². The monoisotopic (exact) mass is 329 g/mol. The summed E-state index contributed by atoms with van der Waals surface area (Å²) in [7, 11) is 0. The number of aromatic nitrogens is 4. The number of furan rings is 1. The molecule has 0 fully saturated rings. The lowest BCUT2D eigenvalue weighted by Gasteiger charge is -2.20. The maximum absolute atomic E-state index is 12.1. The number of carbonyl (C=O) groups is 1. The Kier molecular flexibility index (Phi) is 4.06. The van der Waals surface area contributed by atoms with Crippen LogP contribution in [0.3, 0.4) is 0 Å². The average molecular weight is 329 g/mol. The number of fused-ring (bicyclic) bond motifs is 1. The summed E-state index contributed by atoms with van der Waals surface area (Å²) in [5.74, 6) is 0.959. The third-order valence-electron chi connectivity index (χ3n) is 3.66. The summed E-state index contributed by atoms with van der Waals surface area (Å²) in [5.41, 5.74) is 0.469. The zero-order chi connectivity index (χ0) is 17.3. The zero-order valence-corrected chi connectivity index (χ0v) is 13.8. The van der Waals surface area contributed by atoms with Gasteiger partial charge in [-0.3, -0.25) is 4.79 Å². The van der Waals surface area contributed by atoms with Crippen molar-refractivity contribution >= 4 is 11.7 Å². The summed E-state index contributed by atoms with van der Waals surface area (Å²) < 4.78 is 6.78. The highest BCUT2D eigenvalue weighted by Crippen LogP contribution is 2.19. The summed E-state index contributed by atoms with van der Waals surface area (Å²) in [4.78, 5) is 20.7. The van der Waals surface area contributed by atoms with Gasteiger partial charge in [-0.1, -0.05) is 0 Å². The van der Waals surface area contributed by atoms with Crippen molar-refractivity contribution < 1.29 is 14.3 Å². The van der Waals surface area contributed by atoms with Gasteiger partial charge >= 0.3 is 0 Å². The number of hydrogen-bond acceptors (Lipinski definition) is 6. The maximum atomic E-state index is 12.1. The summed E-state index contributed by atoms with van der Waals surface area (Å²) in [5, 5.41) is 17.3. The van der Waals surface area contributed by atoms with Gasteiger partial charge in [0.2, 0.25) is 5.91 Å². The topological polar surface area (TPSA) is 106 Å². The van der Waals surface area contributed by atoms with Gasteiger partial charge in [0.1, 0.15) is 11.4 Å². The Morgan fingerprint density at radius 2 is 2.21 bits per heavy atom. The van der Waals surface area contributed by atoms with Crippen LogP contribution >= 0.6 is 0 Å². The quantitative estimate of drug-likeness (QED) is 0.720. The molecule has 0 aliphatic heterocycles. The van der Waals surface area contributed by atoms with Gasteiger partial charge in [-0.15, -0.1) is 5.10 Å². The first-order valence-electron chi connectivity index (χ1n) is 7.58. The molecular weight excluding hydrogens is 310 g/mol. The number of amides is 1. The van der Waals surface area contributed by atoms with Crippen LogP contribution in [0.25, 0.3) is 5.78 Å². The fourth-order valence-corrected chi connectivity index (χ4v) is 2.43. The summed E-state index contributed by atoms with van der Waals surface area (Å²) >= 11 is 0. The second-order valence-corrected chi connectivity index (χ2v) is 5.98. The first-order chi connectivity index (χ1) is 11.3. The highest BCUT2D eigenvalue weighted by Gasteiger charge is 2.27. The molecule has 3 aromatic heterocycles. The van der Waals surface area contributed by atoms with Crippen LogP contribution in [-0.2, 0) is 16.8 Å². The second-order valence-electron chi connectivity index (χ2n) is 5.98. The summed E-state index contributed by atoms with van der Waals surface area (Å²) in [6.07, 6.45) is 1.49. The van der Waals surface area contributed by atoms with E-state index in [0.29, 0.717) is 17.4 Å². The number of aliphatic hydroxyl groups is 1. The molecule has 2 N–H and O–H groups in total. The largest absolute Gasteiger partial charge is 0.466 e. The first-order valence-corrected chi connectivity index (χ1v) is 7.58. The van der Waals surface area contributed by atoms with Gasteiger partial charge in [0.05, 0.1) is 19.2 Å². The lowest BCUT2D eigenvalue weighted by atomic mass is 10.0. The van der Waals surface area contributed by atoms with E-state index in [4.69, 9.17) is 4.42 Å². The van der Waals surface area contributed by atoms with E-state index in [2.05, 4.69) is 20.4 Å². The van der Waals surface area contributed by atoms with Gasteiger partial charge in [-0.2, -0.15) is 4.98 Å². The molecule has 1 amide bonds. The molecule has 0 aromatic carbocycles. The molecular formula is C16H19N5O3. The van der Waals surface area contributed by atoms with Crippen LogP contribution in [0.1, 0.15) is 29.9 Å². The molecule has 8 nitrogen and oxygen atoms in total. The van der Waals surface area contributed by atoms with Crippen LogP contribution in [0.5, 0.6) is 0 Å². The van der Waals surface area contributed by atoms with E-state index in [1.165, 1.54) is 6.26 Å². The van der Waals surface area contributed by atoms with Crippen LogP contribution in [0.15, 0.2) is 28.9 Å². The molecule has 0 saturated heterocycles. The van der Waals surface area contributed by atoms with Gasteiger partial charge in [-0.05, 0) is 39.0 Å². The molecule has 0 aliphatic carbocycles. The molecule has 0 aliphatic rings. The molecule has 0 radical (unpaired) electrons. The standard InChI is InChI=1S/C16H19N5O3/c1-10-7-11(2)21-15(18-10)19-13(20-21)8-14(22)17-9-16(3,23)12-5-4-6-24-12/h4-7,23H,8-9H2,1-3H3,(H,17,22). The van der Waals surface area contributed by atoms with E-state index in [9.17, 15) is 9.90 Å². The molecule has 126 valence electrons. The molecule has 0 saturated carbocycles. The normalized spacial score (nSPS) is 13.8. The van der Waals surface area contributed by atoms with Crippen LogP contribution in [-0.4, -0.2) is 37.1 Å². The van der Waals surface area contributed by atoms with E-state index in [0.717, 1.165) is 11.4 Å². The highest BCUT2D eigenvalue weighted by atomic mass is 16.4. The fraction of sp³-hybridized carbons (Fsp3) is 0.375. The van der Waals surface area contributed by atoms with Gasteiger partial charge in [-0.25, -0.2) is 9.50 Å². The van der Waals surface area contributed by atoms with Crippen LogP contribution in [0.2, 0.25) is 0 Å². The van der Waals surface area contributed by atoms with Crippen molar-refractivity contribution in [2.45, 2.75) is 32.8 Å². The third kappa shape index (κ3) is 3.28. The minimum atomic E-state index is -1.28. The van der Waals surface area contributed by atoms with Crippen molar-refractivity contribution in [3.8, 4) is 0 Å². The van der Waals surface area contributed by atoms with Crippen molar-refractivity contribution in [2.75, 3.05) is 6.54 Å². The highest BCUT2D eigenvalue weighted by molar-refractivity contribution is 5.77. The number of aryl methyl sites for hydroxylation is 2. The van der Waals surface area contributed by atoms with Crippen molar-refractivity contribution in [3.63, 3.8) is 0 Å². The molecule has 24 heavy (non-hydrogen) atoms. The molecule has 1 unspecified atom stereocenters. The molecule has 0 spiro atoms. The Morgan fingerprint density at radius 1 is 1.42 bits per heavy atom. The van der Waals surface area contributed by atoms with E-state index < -0.39 is 5.60 Å². The van der Waals surface area contributed by atoms with Crippen LogP contribution < -0.4 is 5.32 Å². The molecule has 3 heterocycles. The molecule has 3 aromatic rings. The molecule has 0 bridgehead atoms. The Balaban J connectivity index is 1.66. The third-order valence-corrected chi connectivity index (χ3v) is 3.66. The average Bonchev–Trinajstić information content (AvgIpc) is 3.14. The number of hydrogen-bond donors (Lipinski definition) is 2. The number of rotatable bonds is 5. The van der Waals surface area contributed by atoms with Gasteiger partial charge in [0.15, 0.2) is 5.82 Å². The fourth-order valence-electron chi connectivity index (χ4n) is 2.43. The van der Waals surface area contributed by atoms with E-state index in [-0.39, 0.29) is 18.9 Å². The maximum Gasteiger partial charge on any atom is 0.252 e. The molecule has 8 heteroatoms. The first kappa shape index (κ1) is 16.1. The Hall–Kier alpha value is -2.74. The van der Waals surface area contributed by atoms with Crippen molar-refractivity contribution in [1.29, 1.82) is 0 Å². The SMILES string of the molecule is Cc1cc(C)n2nc(CC(=O)NCC(C)(O)c3ccco3)nc2n1. The van der Waals surface area contributed by atoms with E-state index in [1.54, 1.807) is 23.6 Å². The van der Waals surface area contributed by atoms with Gasteiger partial charge < -0.3 is 14.8 Å².